The van der Waals surface area contributed by atoms with Crippen LogP contribution < -0.4 is 4.90 Å². The number of anilines is 1. The van der Waals surface area contributed by atoms with E-state index in [4.69, 9.17) is 0 Å². The first-order chi connectivity index (χ1) is 8.49. The van der Waals surface area contributed by atoms with E-state index < -0.39 is 5.97 Å². The second-order valence-corrected chi connectivity index (χ2v) is 4.93. The molecule has 0 radical (unpaired) electrons. The fourth-order valence-corrected chi connectivity index (χ4v) is 2.32. The summed E-state index contributed by atoms with van der Waals surface area (Å²) in [5.74, 6) is -0.815. The van der Waals surface area contributed by atoms with Gasteiger partial charge in [0.25, 0.3) is 0 Å². The molecule has 1 aliphatic heterocycles. The molecule has 0 amide bonds. The Bertz CT molecular complexity index is 462. The van der Waals surface area contributed by atoms with E-state index in [9.17, 15) is 15.0 Å². The largest absolute Gasteiger partial charge is 0.478 e. The Kier molecular flexibility index (Phi) is 3.52. The van der Waals surface area contributed by atoms with Crippen molar-refractivity contribution in [3.63, 3.8) is 0 Å². The number of rotatable bonds is 2. The molecule has 1 aromatic heterocycles. The molecule has 0 aromatic carbocycles. The van der Waals surface area contributed by atoms with E-state index in [1.165, 1.54) is 6.20 Å². The molecule has 2 heterocycles. The van der Waals surface area contributed by atoms with Crippen molar-refractivity contribution in [3.8, 4) is 0 Å². The molecule has 0 bridgehead atoms. The van der Waals surface area contributed by atoms with Crippen molar-refractivity contribution >= 4 is 11.7 Å². The summed E-state index contributed by atoms with van der Waals surface area (Å²) < 4.78 is 0. The third-order valence-electron chi connectivity index (χ3n) is 3.45. The van der Waals surface area contributed by atoms with Crippen molar-refractivity contribution in [1.82, 2.24) is 4.98 Å². The quantitative estimate of drug-likeness (QED) is 0.827. The second kappa shape index (κ2) is 4.94. The molecule has 0 spiro atoms. The summed E-state index contributed by atoms with van der Waals surface area (Å²) in [4.78, 5) is 17.3. The standard InChI is InChI=1S/C13H18N2O3/c1-8-7-15(4-3-12(8)16)11-5-9(2)14-6-10(11)13(17)18/h5-6,8,12,16H,3-4,7H2,1-2H3,(H,17,18). The van der Waals surface area contributed by atoms with Crippen LogP contribution in [0.2, 0.25) is 0 Å². The first-order valence-electron chi connectivity index (χ1n) is 6.12. The van der Waals surface area contributed by atoms with Gasteiger partial charge in [-0.25, -0.2) is 4.79 Å². The topological polar surface area (TPSA) is 73.7 Å². The van der Waals surface area contributed by atoms with Crippen LogP contribution in [0.5, 0.6) is 0 Å². The Balaban J connectivity index is 2.32. The van der Waals surface area contributed by atoms with Crippen LogP contribution in [-0.2, 0) is 0 Å². The lowest BCUT2D eigenvalue weighted by atomic mass is 9.96. The van der Waals surface area contributed by atoms with E-state index in [0.717, 1.165) is 5.69 Å². The van der Waals surface area contributed by atoms with Crippen LogP contribution in [-0.4, -0.2) is 40.4 Å². The van der Waals surface area contributed by atoms with Crippen molar-refractivity contribution < 1.29 is 15.0 Å². The molecular weight excluding hydrogens is 232 g/mol. The molecule has 2 rings (SSSR count). The zero-order valence-electron chi connectivity index (χ0n) is 10.6. The first-order valence-corrected chi connectivity index (χ1v) is 6.12. The molecule has 1 aromatic rings. The summed E-state index contributed by atoms with van der Waals surface area (Å²) in [7, 11) is 0. The molecule has 5 nitrogen and oxygen atoms in total. The van der Waals surface area contributed by atoms with Crippen LogP contribution in [0.1, 0.15) is 29.4 Å². The van der Waals surface area contributed by atoms with Crippen LogP contribution >= 0.6 is 0 Å². The smallest absolute Gasteiger partial charge is 0.339 e. The van der Waals surface area contributed by atoms with E-state index in [1.807, 2.05) is 18.7 Å². The van der Waals surface area contributed by atoms with Crippen LogP contribution in [0.15, 0.2) is 12.3 Å². The number of carboxylic acids is 1. The van der Waals surface area contributed by atoms with Gasteiger partial charge in [0.15, 0.2) is 0 Å². The summed E-state index contributed by atoms with van der Waals surface area (Å²) >= 11 is 0. The minimum Gasteiger partial charge on any atom is -0.478 e. The summed E-state index contributed by atoms with van der Waals surface area (Å²) in [5, 5.41) is 18.9. The van der Waals surface area contributed by atoms with Crippen molar-refractivity contribution in [3.05, 3.63) is 23.5 Å². The minimum atomic E-state index is -0.962. The van der Waals surface area contributed by atoms with Crippen LogP contribution in [0.4, 0.5) is 5.69 Å². The van der Waals surface area contributed by atoms with Gasteiger partial charge in [-0.1, -0.05) is 6.92 Å². The Labute approximate surface area is 106 Å². The number of nitrogens with zero attached hydrogens (tertiary/aromatic N) is 2. The van der Waals surface area contributed by atoms with Crippen LogP contribution in [0.25, 0.3) is 0 Å². The molecule has 0 saturated carbocycles. The molecular formula is C13H18N2O3. The van der Waals surface area contributed by atoms with E-state index >= 15 is 0 Å². The highest BCUT2D eigenvalue weighted by Crippen LogP contribution is 2.26. The second-order valence-electron chi connectivity index (χ2n) is 4.93. The zero-order valence-corrected chi connectivity index (χ0v) is 10.6. The van der Waals surface area contributed by atoms with Crippen molar-refractivity contribution in [1.29, 1.82) is 0 Å². The third kappa shape index (κ3) is 2.46. The van der Waals surface area contributed by atoms with Gasteiger partial charge in [-0.3, -0.25) is 4.98 Å². The minimum absolute atomic E-state index is 0.147. The molecule has 1 saturated heterocycles. The van der Waals surface area contributed by atoms with Gasteiger partial charge in [0, 0.05) is 25.0 Å². The number of hydrogen-bond acceptors (Lipinski definition) is 4. The number of piperidine rings is 1. The number of aryl methyl sites for hydroxylation is 1. The van der Waals surface area contributed by atoms with Gasteiger partial charge in [-0.05, 0) is 25.3 Å². The van der Waals surface area contributed by atoms with Gasteiger partial charge in [0.05, 0.1) is 11.8 Å². The first kappa shape index (κ1) is 12.8. The van der Waals surface area contributed by atoms with Gasteiger partial charge < -0.3 is 15.1 Å². The molecule has 2 atom stereocenters. The Morgan fingerprint density at radius 1 is 1.56 bits per heavy atom. The maximum absolute atomic E-state index is 11.2. The molecule has 2 unspecified atom stereocenters. The predicted molar refractivity (Wildman–Crippen MR) is 67.9 cm³/mol. The van der Waals surface area contributed by atoms with Gasteiger partial charge in [0.1, 0.15) is 5.56 Å². The third-order valence-corrected chi connectivity index (χ3v) is 3.45. The SMILES string of the molecule is Cc1cc(N2CCC(O)C(C)C2)c(C(=O)O)cn1. The molecule has 1 aliphatic rings. The number of pyridine rings is 1. The highest BCUT2D eigenvalue weighted by molar-refractivity contribution is 5.94. The van der Waals surface area contributed by atoms with E-state index in [2.05, 4.69) is 4.98 Å². The number of aliphatic hydroxyl groups is 1. The maximum Gasteiger partial charge on any atom is 0.339 e. The monoisotopic (exact) mass is 250 g/mol. The lowest BCUT2D eigenvalue weighted by molar-refractivity contribution is 0.0696. The Morgan fingerprint density at radius 2 is 2.28 bits per heavy atom. The van der Waals surface area contributed by atoms with Gasteiger partial charge in [-0.2, -0.15) is 0 Å². The summed E-state index contributed by atoms with van der Waals surface area (Å²) in [5.41, 5.74) is 1.73. The molecule has 18 heavy (non-hydrogen) atoms. The average molecular weight is 250 g/mol. The van der Waals surface area contributed by atoms with Crippen LogP contribution in [0, 0.1) is 12.8 Å². The summed E-state index contributed by atoms with van der Waals surface area (Å²) in [6.45, 7) is 5.17. The number of carbonyl (C=O) groups is 1. The highest BCUT2D eigenvalue weighted by Gasteiger charge is 2.26. The van der Waals surface area contributed by atoms with E-state index in [-0.39, 0.29) is 17.6 Å². The molecule has 5 heteroatoms. The van der Waals surface area contributed by atoms with Gasteiger partial charge in [-0.15, -0.1) is 0 Å². The van der Waals surface area contributed by atoms with Crippen molar-refractivity contribution in [2.45, 2.75) is 26.4 Å². The number of carboxylic acid groups (broad SMARTS) is 1. The van der Waals surface area contributed by atoms with Crippen molar-refractivity contribution in [2.75, 3.05) is 18.0 Å². The molecule has 2 N–H and O–H groups in total. The lowest BCUT2D eigenvalue weighted by Gasteiger charge is -2.36. The number of aliphatic hydroxyl groups excluding tert-OH is 1. The summed E-state index contributed by atoms with van der Waals surface area (Å²) in [6.07, 6.45) is 1.78. The highest BCUT2D eigenvalue weighted by atomic mass is 16.4. The Hall–Kier alpha value is -1.62. The Morgan fingerprint density at radius 3 is 2.89 bits per heavy atom. The molecule has 98 valence electrons. The van der Waals surface area contributed by atoms with E-state index in [0.29, 0.717) is 25.2 Å². The zero-order chi connectivity index (χ0) is 13.3. The molecule has 1 fully saturated rings. The fourth-order valence-electron chi connectivity index (χ4n) is 2.32. The number of hydrogen-bond donors (Lipinski definition) is 2. The predicted octanol–water partition coefficient (Wildman–Crippen LogP) is 1.30. The lowest BCUT2D eigenvalue weighted by Crippen LogP contribution is -2.42. The van der Waals surface area contributed by atoms with Gasteiger partial charge in [0.2, 0.25) is 0 Å². The number of aromatic carboxylic acids is 1. The maximum atomic E-state index is 11.2. The summed E-state index contributed by atoms with van der Waals surface area (Å²) in [6, 6.07) is 1.80. The molecule has 0 aliphatic carbocycles. The van der Waals surface area contributed by atoms with E-state index in [1.54, 1.807) is 6.07 Å². The van der Waals surface area contributed by atoms with Gasteiger partial charge >= 0.3 is 5.97 Å². The van der Waals surface area contributed by atoms with Crippen LogP contribution in [0.3, 0.4) is 0 Å². The number of aromatic nitrogens is 1. The fraction of sp³-hybridized carbons (Fsp3) is 0.538. The average Bonchev–Trinajstić information content (AvgIpc) is 2.32. The van der Waals surface area contributed by atoms with Crippen molar-refractivity contribution in [2.24, 2.45) is 5.92 Å². The normalized spacial score (nSPS) is 24.1.